The van der Waals surface area contributed by atoms with Crippen LogP contribution in [0.5, 0.6) is 0 Å². The van der Waals surface area contributed by atoms with Crippen LogP contribution < -0.4 is 10.6 Å². The molecule has 0 fully saturated rings. The van der Waals surface area contributed by atoms with Crippen LogP contribution in [0.2, 0.25) is 0 Å². The van der Waals surface area contributed by atoms with Gasteiger partial charge in [0.1, 0.15) is 6.54 Å². The molecule has 0 spiro atoms. The van der Waals surface area contributed by atoms with Crippen molar-refractivity contribution in [2.45, 2.75) is 19.5 Å². The quantitative estimate of drug-likeness (QED) is 0.599. The normalized spacial score (nSPS) is 12.6. The zero-order valence-electron chi connectivity index (χ0n) is 14.9. The molecule has 26 heavy (non-hydrogen) atoms. The molecule has 1 aromatic heterocycles. The molecule has 140 valence electrons. The number of likely N-dealkylation sites (N-methyl/N-ethyl adjacent to an activating group) is 1. The summed E-state index contributed by atoms with van der Waals surface area (Å²) in [6.07, 6.45) is 0. The van der Waals surface area contributed by atoms with E-state index in [2.05, 4.69) is 15.6 Å². The Morgan fingerprint density at radius 2 is 2.04 bits per heavy atom. The second-order valence-corrected chi connectivity index (χ2v) is 6.96. The first-order chi connectivity index (χ1) is 12.4. The van der Waals surface area contributed by atoms with Gasteiger partial charge in [0, 0.05) is 19.0 Å². The fourth-order valence-electron chi connectivity index (χ4n) is 2.09. The lowest BCUT2D eigenvalue weighted by atomic mass is 10.1. The van der Waals surface area contributed by atoms with E-state index in [4.69, 9.17) is 0 Å². The first kappa shape index (κ1) is 19.8. The van der Waals surface area contributed by atoms with Gasteiger partial charge < -0.3 is 15.5 Å². The van der Waals surface area contributed by atoms with Crippen LogP contribution in [0.25, 0.3) is 0 Å². The smallest absolute Gasteiger partial charge is 0.243 e. The summed E-state index contributed by atoms with van der Waals surface area (Å²) < 4.78 is 26.6. The van der Waals surface area contributed by atoms with E-state index in [1.54, 1.807) is 25.4 Å². The molecule has 0 aliphatic heterocycles. The van der Waals surface area contributed by atoms with Crippen LogP contribution in [0.1, 0.15) is 23.4 Å². The topological polar surface area (TPSA) is 56.7 Å². The zero-order valence-corrected chi connectivity index (χ0v) is 15.7. The van der Waals surface area contributed by atoms with Gasteiger partial charge in [0.05, 0.1) is 12.6 Å². The summed E-state index contributed by atoms with van der Waals surface area (Å²) in [5, 5.41) is 8.25. The average Bonchev–Trinajstić information content (AvgIpc) is 3.12. The van der Waals surface area contributed by atoms with Crippen molar-refractivity contribution in [1.29, 1.82) is 0 Å². The number of nitrogens with zero attached hydrogens (tertiary/aromatic N) is 2. The predicted molar refractivity (Wildman–Crippen MR) is 100 cm³/mol. The van der Waals surface area contributed by atoms with Crippen molar-refractivity contribution in [3.63, 3.8) is 0 Å². The highest BCUT2D eigenvalue weighted by Gasteiger charge is 2.12. The number of guanidine groups is 1. The van der Waals surface area contributed by atoms with Crippen LogP contribution in [-0.4, -0.2) is 37.4 Å². The lowest BCUT2D eigenvalue weighted by Crippen LogP contribution is -2.39. The standard InChI is InChI=1S/C18H22F2N4OS/c1-12(13-6-7-15(19)16(20)9-13)23-18(22-11-17(25)24(2)3)21-10-14-5-4-8-26-14/h4-9,12H,10-11H2,1-3H3,(H2,21,22,23). The summed E-state index contributed by atoms with van der Waals surface area (Å²) >= 11 is 1.60. The van der Waals surface area contributed by atoms with Crippen molar-refractivity contribution in [2.75, 3.05) is 20.6 Å². The molecular formula is C18H22F2N4OS. The molecule has 1 heterocycles. The van der Waals surface area contributed by atoms with E-state index in [1.165, 1.54) is 11.0 Å². The summed E-state index contributed by atoms with van der Waals surface area (Å²) in [6, 6.07) is 7.36. The van der Waals surface area contributed by atoms with Crippen LogP contribution >= 0.6 is 11.3 Å². The SMILES string of the molecule is CC(NC(=NCC(=O)N(C)C)NCc1cccs1)c1ccc(F)c(F)c1. The molecule has 8 heteroatoms. The molecule has 0 aliphatic rings. The summed E-state index contributed by atoms with van der Waals surface area (Å²) in [5.41, 5.74) is 0.577. The number of carbonyl (C=O) groups excluding carboxylic acids is 1. The number of benzene rings is 1. The van der Waals surface area contributed by atoms with Crippen molar-refractivity contribution >= 4 is 23.2 Å². The predicted octanol–water partition coefficient (Wildman–Crippen LogP) is 2.91. The van der Waals surface area contributed by atoms with Gasteiger partial charge in [-0.3, -0.25) is 4.79 Å². The van der Waals surface area contributed by atoms with Crippen molar-refractivity contribution < 1.29 is 13.6 Å². The number of nitrogens with one attached hydrogen (secondary N) is 2. The van der Waals surface area contributed by atoms with Crippen LogP contribution in [-0.2, 0) is 11.3 Å². The number of hydrogen-bond acceptors (Lipinski definition) is 3. The molecule has 1 amide bonds. The monoisotopic (exact) mass is 380 g/mol. The number of rotatable bonds is 6. The average molecular weight is 380 g/mol. The van der Waals surface area contributed by atoms with Crippen LogP contribution in [0.3, 0.4) is 0 Å². The van der Waals surface area contributed by atoms with E-state index in [1.807, 2.05) is 24.4 Å². The minimum Gasteiger partial charge on any atom is -0.351 e. The van der Waals surface area contributed by atoms with E-state index in [-0.39, 0.29) is 18.5 Å². The molecule has 0 saturated heterocycles. The third kappa shape index (κ3) is 5.80. The summed E-state index contributed by atoms with van der Waals surface area (Å²) in [7, 11) is 3.32. The summed E-state index contributed by atoms with van der Waals surface area (Å²) in [6.45, 7) is 2.34. The number of carbonyl (C=O) groups is 1. The summed E-state index contributed by atoms with van der Waals surface area (Å²) in [4.78, 5) is 18.6. The molecule has 2 aromatic rings. The second-order valence-electron chi connectivity index (χ2n) is 5.93. The molecule has 0 bridgehead atoms. The third-order valence-electron chi connectivity index (χ3n) is 3.68. The van der Waals surface area contributed by atoms with E-state index in [0.717, 1.165) is 17.0 Å². The molecule has 5 nitrogen and oxygen atoms in total. The van der Waals surface area contributed by atoms with E-state index < -0.39 is 11.6 Å². The molecule has 0 radical (unpaired) electrons. The number of halogens is 2. The van der Waals surface area contributed by atoms with Crippen molar-refractivity contribution in [1.82, 2.24) is 15.5 Å². The number of thiophene rings is 1. The molecule has 0 saturated carbocycles. The summed E-state index contributed by atoms with van der Waals surface area (Å²) in [5.74, 6) is -1.50. The van der Waals surface area contributed by atoms with E-state index >= 15 is 0 Å². The van der Waals surface area contributed by atoms with Gasteiger partial charge in [-0.2, -0.15) is 0 Å². The minimum atomic E-state index is -0.899. The van der Waals surface area contributed by atoms with Gasteiger partial charge in [0.2, 0.25) is 5.91 Å². The first-order valence-electron chi connectivity index (χ1n) is 8.09. The van der Waals surface area contributed by atoms with E-state index in [0.29, 0.717) is 18.1 Å². The molecule has 1 aromatic carbocycles. The van der Waals surface area contributed by atoms with Gasteiger partial charge in [0.25, 0.3) is 0 Å². The Bertz CT molecular complexity index is 763. The largest absolute Gasteiger partial charge is 0.351 e. The van der Waals surface area contributed by atoms with Crippen molar-refractivity contribution in [3.05, 3.63) is 57.8 Å². The first-order valence-corrected chi connectivity index (χ1v) is 8.97. The molecule has 0 aliphatic carbocycles. The maximum absolute atomic E-state index is 13.5. The van der Waals surface area contributed by atoms with Crippen LogP contribution in [0, 0.1) is 11.6 Å². The van der Waals surface area contributed by atoms with Gasteiger partial charge >= 0.3 is 0 Å². The lowest BCUT2D eigenvalue weighted by molar-refractivity contribution is -0.127. The molecule has 2 N–H and O–H groups in total. The van der Waals surface area contributed by atoms with Crippen LogP contribution in [0.15, 0.2) is 40.7 Å². The molecule has 1 unspecified atom stereocenters. The van der Waals surface area contributed by atoms with Crippen LogP contribution in [0.4, 0.5) is 8.78 Å². The highest BCUT2D eigenvalue weighted by Crippen LogP contribution is 2.16. The Hall–Kier alpha value is -2.48. The van der Waals surface area contributed by atoms with Gasteiger partial charge in [-0.25, -0.2) is 13.8 Å². The Morgan fingerprint density at radius 3 is 2.65 bits per heavy atom. The van der Waals surface area contributed by atoms with Gasteiger partial charge in [-0.15, -0.1) is 11.3 Å². The fraction of sp³-hybridized carbons (Fsp3) is 0.333. The molecule has 2 rings (SSSR count). The van der Waals surface area contributed by atoms with E-state index in [9.17, 15) is 13.6 Å². The Morgan fingerprint density at radius 1 is 1.27 bits per heavy atom. The highest BCUT2D eigenvalue weighted by atomic mass is 32.1. The highest BCUT2D eigenvalue weighted by molar-refractivity contribution is 7.09. The maximum Gasteiger partial charge on any atom is 0.243 e. The fourth-order valence-corrected chi connectivity index (χ4v) is 2.74. The third-order valence-corrected chi connectivity index (χ3v) is 4.55. The minimum absolute atomic E-state index is 0.0166. The molecule has 1 atom stereocenters. The molecular weight excluding hydrogens is 358 g/mol. The number of hydrogen-bond donors (Lipinski definition) is 2. The zero-order chi connectivity index (χ0) is 19.1. The Balaban J connectivity index is 2.09. The second kappa shape index (κ2) is 9.28. The van der Waals surface area contributed by atoms with Crippen molar-refractivity contribution in [3.8, 4) is 0 Å². The number of aliphatic imine (C=N–C) groups is 1. The Kier molecular flexibility index (Phi) is 7.08. The maximum atomic E-state index is 13.5. The van der Waals surface area contributed by atoms with Crippen molar-refractivity contribution in [2.24, 2.45) is 4.99 Å². The Labute approximate surface area is 155 Å². The van der Waals surface area contributed by atoms with Gasteiger partial charge in [0.15, 0.2) is 17.6 Å². The number of amides is 1. The lowest BCUT2D eigenvalue weighted by Gasteiger charge is -2.19. The van der Waals surface area contributed by atoms with Gasteiger partial charge in [-0.1, -0.05) is 12.1 Å². The van der Waals surface area contributed by atoms with Gasteiger partial charge in [-0.05, 0) is 36.1 Å².